The number of hydrogen-bond acceptors (Lipinski definition) is 5. The van der Waals surface area contributed by atoms with E-state index in [1.807, 2.05) is 30.1 Å². The molecule has 0 spiro atoms. The molecule has 1 saturated carbocycles. The molecule has 2 aromatic carbocycles. The van der Waals surface area contributed by atoms with Crippen molar-refractivity contribution in [2.75, 3.05) is 18.5 Å². The van der Waals surface area contributed by atoms with Gasteiger partial charge in [0, 0.05) is 25.1 Å². The Morgan fingerprint density at radius 3 is 2.65 bits per heavy atom. The van der Waals surface area contributed by atoms with Gasteiger partial charge in [0.25, 0.3) is 11.2 Å². The number of nitro benzene ring substituents is 1. The molecule has 26 heavy (non-hydrogen) atoms. The number of rotatable bonds is 5. The highest BCUT2D eigenvalue weighted by Crippen LogP contribution is 2.49. The first-order chi connectivity index (χ1) is 12.5. The van der Waals surface area contributed by atoms with Crippen LogP contribution in [0.5, 0.6) is 0 Å². The number of aromatic nitrogens is 2. The van der Waals surface area contributed by atoms with Gasteiger partial charge in [0.05, 0.1) is 22.2 Å². The molecule has 0 amide bonds. The zero-order valence-corrected chi connectivity index (χ0v) is 14.3. The molecule has 1 aromatic heterocycles. The fraction of sp³-hybridized carbons (Fsp3) is 0.263. The van der Waals surface area contributed by atoms with Crippen LogP contribution < -0.4 is 10.5 Å². The lowest BCUT2D eigenvalue weighted by molar-refractivity contribution is -0.384. The van der Waals surface area contributed by atoms with E-state index in [0.29, 0.717) is 17.7 Å². The van der Waals surface area contributed by atoms with Crippen molar-refractivity contribution in [3.63, 3.8) is 0 Å². The van der Waals surface area contributed by atoms with Gasteiger partial charge in [0.15, 0.2) is 0 Å². The average molecular weight is 350 g/mol. The first-order valence-corrected chi connectivity index (χ1v) is 8.43. The first-order valence-electron chi connectivity index (χ1n) is 8.43. The average Bonchev–Trinajstić information content (AvgIpc) is 3.42. The normalized spacial score (nSPS) is 15.0. The van der Waals surface area contributed by atoms with E-state index in [4.69, 9.17) is 0 Å². The van der Waals surface area contributed by atoms with Crippen LogP contribution in [0.3, 0.4) is 0 Å². The number of benzene rings is 2. The number of fused-ring (bicyclic) bond motifs is 1. The molecule has 0 unspecified atom stereocenters. The summed E-state index contributed by atoms with van der Waals surface area (Å²) in [5, 5.41) is 11.8. The molecule has 3 aromatic rings. The molecule has 0 saturated heterocycles. The van der Waals surface area contributed by atoms with Crippen molar-refractivity contribution in [2.45, 2.75) is 18.3 Å². The quantitative estimate of drug-likeness (QED) is 0.564. The smallest absolute Gasteiger partial charge is 0.293 e. The predicted molar refractivity (Wildman–Crippen MR) is 99.6 cm³/mol. The van der Waals surface area contributed by atoms with E-state index in [-0.39, 0.29) is 22.0 Å². The Bertz CT molecular complexity index is 1040. The molecular weight excluding hydrogens is 332 g/mol. The summed E-state index contributed by atoms with van der Waals surface area (Å²) >= 11 is 0. The molecule has 0 aliphatic heterocycles. The van der Waals surface area contributed by atoms with Gasteiger partial charge in [0.2, 0.25) is 0 Å². The summed E-state index contributed by atoms with van der Waals surface area (Å²) in [5.41, 5.74) is 1.75. The third-order valence-electron chi connectivity index (χ3n) is 5.12. The molecular formula is C19H18N4O3. The van der Waals surface area contributed by atoms with Crippen molar-refractivity contribution < 1.29 is 4.92 Å². The van der Waals surface area contributed by atoms with Crippen molar-refractivity contribution in [3.05, 3.63) is 74.8 Å². The van der Waals surface area contributed by atoms with E-state index in [0.717, 1.165) is 12.8 Å². The van der Waals surface area contributed by atoms with Crippen LogP contribution in [-0.4, -0.2) is 28.5 Å². The molecule has 7 heteroatoms. The van der Waals surface area contributed by atoms with Crippen LogP contribution in [-0.2, 0) is 5.41 Å². The highest BCUT2D eigenvalue weighted by atomic mass is 16.6. The molecule has 1 aliphatic carbocycles. The summed E-state index contributed by atoms with van der Waals surface area (Å²) in [7, 11) is 1.85. The number of nitrogens with zero attached hydrogens (tertiary/aromatic N) is 3. The second-order valence-electron chi connectivity index (χ2n) is 6.85. The van der Waals surface area contributed by atoms with Gasteiger partial charge < -0.3 is 9.88 Å². The number of aromatic amines is 1. The Morgan fingerprint density at radius 2 is 2.00 bits per heavy atom. The number of hydrogen-bond donors (Lipinski definition) is 1. The molecule has 1 N–H and O–H groups in total. The standard InChI is InChI=1S/C19H18N4O3/c1-22(11-19(7-8-19)13-5-3-2-4-6-13)16-10-15-14(9-17(16)23(25)26)18(24)21-12-20-15/h2-6,9-10,12H,7-8,11H2,1H3,(H,20,21,24). The third-order valence-corrected chi connectivity index (χ3v) is 5.12. The maximum Gasteiger partial charge on any atom is 0.293 e. The van der Waals surface area contributed by atoms with Crippen LogP contribution >= 0.6 is 0 Å². The lowest BCUT2D eigenvalue weighted by Gasteiger charge is -2.26. The maximum atomic E-state index is 11.9. The Kier molecular flexibility index (Phi) is 3.72. The number of nitro groups is 1. The Balaban J connectivity index is 1.75. The van der Waals surface area contributed by atoms with Gasteiger partial charge in [-0.2, -0.15) is 0 Å². The highest BCUT2D eigenvalue weighted by Gasteiger charge is 2.45. The number of H-pyrrole nitrogens is 1. The fourth-order valence-electron chi connectivity index (χ4n) is 3.56. The fourth-order valence-corrected chi connectivity index (χ4v) is 3.56. The summed E-state index contributed by atoms with van der Waals surface area (Å²) in [6.45, 7) is 0.673. The lowest BCUT2D eigenvalue weighted by atomic mass is 9.95. The second-order valence-corrected chi connectivity index (χ2v) is 6.85. The summed E-state index contributed by atoms with van der Waals surface area (Å²) in [5.74, 6) is 0. The highest BCUT2D eigenvalue weighted by molar-refractivity contribution is 5.87. The van der Waals surface area contributed by atoms with E-state index in [2.05, 4.69) is 22.1 Å². The zero-order chi connectivity index (χ0) is 18.3. The van der Waals surface area contributed by atoms with Gasteiger partial charge in [-0.05, 0) is 24.5 Å². The molecule has 0 bridgehead atoms. The van der Waals surface area contributed by atoms with Crippen LogP contribution in [0.2, 0.25) is 0 Å². The summed E-state index contributed by atoms with van der Waals surface area (Å²) in [6, 6.07) is 13.2. The Hall–Kier alpha value is -3.22. The minimum Gasteiger partial charge on any atom is -0.368 e. The molecule has 132 valence electrons. The topological polar surface area (TPSA) is 92.1 Å². The van der Waals surface area contributed by atoms with E-state index in [9.17, 15) is 14.9 Å². The molecule has 1 heterocycles. The van der Waals surface area contributed by atoms with E-state index in [1.165, 1.54) is 18.0 Å². The summed E-state index contributed by atoms with van der Waals surface area (Å²) in [6.07, 6.45) is 3.42. The van der Waals surface area contributed by atoms with Gasteiger partial charge >= 0.3 is 0 Å². The maximum absolute atomic E-state index is 11.9. The van der Waals surface area contributed by atoms with Crippen molar-refractivity contribution in [3.8, 4) is 0 Å². The minimum atomic E-state index is -0.445. The molecule has 1 aliphatic rings. The SMILES string of the molecule is CN(CC1(c2ccccc2)CC1)c1cc2nc[nH]c(=O)c2cc1[N+](=O)[O-]. The lowest BCUT2D eigenvalue weighted by Crippen LogP contribution is -2.29. The number of likely N-dealkylation sites (N-methyl/N-ethyl adjacent to an activating group) is 1. The van der Waals surface area contributed by atoms with Crippen LogP contribution in [0.15, 0.2) is 53.6 Å². The Labute approximate surface area is 149 Å². The van der Waals surface area contributed by atoms with Gasteiger partial charge in [-0.15, -0.1) is 0 Å². The van der Waals surface area contributed by atoms with Crippen LogP contribution in [0.1, 0.15) is 18.4 Å². The van der Waals surface area contributed by atoms with Crippen molar-refractivity contribution in [1.82, 2.24) is 9.97 Å². The van der Waals surface area contributed by atoms with Gasteiger partial charge in [-0.1, -0.05) is 30.3 Å². The van der Waals surface area contributed by atoms with E-state index in [1.54, 1.807) is 6.07 Å². The minimum absolute atomic E-state index is 0.0282. The Morgan fingerprint density at radius 1 is 1.27 bits per heavy atom. The monoisotopic (exact) mass is 350 g/mol. The van der Waals surface area contributed by atoms with E-state index < -0.39 is 4.92 Å². The van der Waals surface area contributed by atoms with Gasteiger partial charge in [0.1, 0.15) is 5.69 Å². The molecule has 4 rings (SSSR count). The molecule has 7 nitrogen and oxygen atoms in total. The van der Waals surface area contributed by atoms with Crippen LogP contribution in [0.4, 0.5) is 11.4 Å². The van der Waals surface area contributed by atoms with Crippen LogP contribution in [0.25, 0.3) is 10.9 Å². The largest absolute Gasteiger partial charge is 0.368 e. The van der Waals surface area contributed by atoms with E-state index >= 15 is 0 Å². The van der Waals surface area contributed by atoms with Crippen molar-refractivity contribution in [1.29, 1.82) is 0 Å². The summed E-state index contributed by atoms with van der Waals surface area (Å²) in [4.78, 5) is 31.6. The predicted octanol–water partition coefficient (Wildman–Crippen LogP) is 3.00. The molecule has 0 atom stereocenters. The molecule has 0 radical (unpaired) electrons. The number of anilines is 1. The van der Waals surface area contributed by atoms with Crippen molar-refractivity contribution >= 4 is 22.3 Å². The molecule has 1 fully saturated rings. The zero-order valence-electron chi connectivity index (χ0n) is 14.3. The van der Waals surface area contributed by atoms with Gasteiger partial charge in [-0.3, -0.25) is 14.9 Å². The van der Waals surface area contributed by atoms with Gasteiger partial charge in [-0.25, -0.2) is 4.98 Å². The first kappa shape index (κ1) is 16.3. The third kappa shape index (κ3) is 2.71. The number of nitrogens with one attached hydrogen (secondary N) is 1. The summed E-state index contributed by atoms with van der Waals surface area (Å²) < 4.78 is 0. The second kappa shape index (κ2) is 5.94. The van der Waals surface area contributed by atoms with Crippen LogP contribution in [0, 0.1) is 10.1 Å². The van der Waals surface area contributed by atoms with Crippen molar-refractivity contribution in [2.24, 2.45) is 0 Å².